The van der Waals surface area contributed by atoms with Crippen LogP contribution in [0.15, 0.2) is 37.1 Å². The molecule has 0 radical (unpaired) electrons. The van der Waals surface area contributed by atoms with E-state index in [-0.39, 0.29) is 0 Å². The highest BCUT2D eigenvalue weighted by atomic mass is 14.5. The summed E-state index contributed by atoms with van der Waals surface area (Å²) in [6.07, 6.45) is 4.00. The minimum Gasteiger partial charge on any atom is -0.403 e. The van der Waals surface area contributed by atoms with E-state index in [1.807, 2.05) is 0 Å². The summed E-state index contributed by atoms with van der Waals surface area (Å²) in [4.78, 5) is 0. The van der Waals surface area contributed by atoms with Crippen LogP contribution in [0.5, 0.6) is 0 Å². The molecule has 1 aromatic rings. The molecule has 0 fully saturated rings. The monoisotopic (exact) mass is 229 g/mol. The minimum absolute atomic E-state index is 0.771. The summed E-state index contributed by atoms with van der Waals surface area (Å²) in [6.45, 7) is 12.2. The third-order valence-electron chi connectivity index (χ3n) is 3.02. The fraction of sp³-hybridized carbons (Fsp3) is 0.375. The van der Waals surface area contributed by atoms with Gasteiger partial charge in [0.15, 0.2) is 0 Å². The van der Waals surface area contributed by atoms with E-state index in [1.54, 1.807) is 0 Å². The number of aryl methyl sites for hydroxylation is 2. The lowest BCUT2D eigenvalue weighted by molar-refractivity contribution is 0.805. The summed E-state index contributed by atoms with van der Waals surface area (Å²) in [6, 6.07) is 6.61. The van der Waals surface area contributed by atoms with Gasteiger partial charge < -0.3 is 5.73 Å². The first kappa shape index (κ1) is 13.6. The van der Waals surface area contributed by atoms with E-state index < -0.39 is 0 Å². The fourth-order valence-electron chi connectivity index (χ4n) is 1.93. The molecule has 92 valence electrons. The Kier molecular flexibility index (Phi) is 5.02. The van der Waals surface area contributed by atoms with Gasteiger partial charge in [-0.2, -0.15) is 0 Å². The Labute approximate surface area is 105 Å². The van der Waals surface area contributed by atoms with Crippen LogP contribution in [0.4, 0.5) is 0 Å². The van der Waals surface area contributed by atoms with E-state index in [9.17, 15) is 0 Å². The highest BCUT2D eigenvalue weighted by Gasteiger charge is 2.05. The third kappa shape index (κ3) is 4.10. The summed E-state index contributed by atoms with van der Waals surface area (Å²) in [5, 5.41) is 0. The molecule has 1 nitrogen and oxygen atoms in total. The highest BCUT2D eigenvalue weighted by molar-refractivity contribution is 5.66. The lowest BCUT2D eigenvalue weighted by atomic mass is 9.94. The first-order valence-corrected chi connectivity index (χ1v) is 6.25. The van der Waals surface area contributed by atoms with Crippen LogP contribution in [0.1, 0.15) is 42.9 Å². The zero-order valence-electron chi connectivity index (χ0n) is 11.1. The zero-order chi connectivity index (χ0) is 12.8. The van der Waals surface area contributed by atoms with Gasteiger partial charge in [-0.05, 0) is 49.3 Å². The molecule has 1 aromatic carbocycles. The van der Waals surface area contributed by atoms with Gasteiger partial charge in [0.1, 0.15) is 0 Å². The van der Waals surface area contributed by atoms with E-state index in [0.717, 1.165) is 31.4 Å². The maximum absolute atomic E-state index is 5.59. The van der Waals surface area contributed by atoms with Gasteiger partial charge in [-0.1, -0.05) is 43.8 Å². The molecule has 0 amide bonds. The smallest absolute Gasteiger partial charge is 0.000755 e. The van der Waals surface area contributed by atoms with Gasteiger partial charge in [-0.3, -0.25) is 0 Å². The van der Waals surface area contributed by atoms with Crippen molar-refractivity contribution in [2.75, 3.05) is 0 Å². The van der Waals surface area contributed by atoms with Crippen molar-refractivity contribution in [2.45, 2.75) is 39.5 Å². The van der Waals surface area contributed by atoms with Gasteiger partial charge in [0.25, 0.3) is 0 Å². The highest BCUT2D eigenvalue weighted by Crippen LogP contribution is 2.23. The van der Waals surface area contributed by atoms with Gasteiger partial charge in [-0.15, -0.1) is 0 Å². The second-order valence-electron chi connectivity index (χ2n) is 4.63. The molecule has 0 unspecified atom stereocenters. The SMILES string of the molecule is C=C(N)CCCc1ccc(C)cc1C(=C)CC. The van der Waals surface area contributed by atoms with Crippen LogP contribution in [0.3, 0.4) is 0 Å². The Morgan fingerprint density at radius 1 is 1.29 bits per heavy atom. The van der Waals surface area contributed by atoms with Crippen LogP contribution in [0.25, 0.3) is 5.57 Å². The van der Waals surface area contributed by atoms with Crippen molar-refractivity contribution in [1.29, 1.82) is 0 Å². The summed E-state index contributed by atoms with van der Waals surface area (Å²) in [5.74, 6) is 0. The molecule has 0 atom stereocenters. The number of hydrogen-bond donors (Lipinski definition) is 1. The topological polar surface area (TPSA) is 26.0 Å². The van der Waals surface area contributed by atoms with Gasteiger partial charge in [0.05, 0.1) is 0 Å². The largest absolute Gasteiger partial charge is 0.403 e. The van der Waals surface area contributed by atoms with Crippen LogP contribution in [0.2, 0.25) is 0 Å². The summed E-state index contributed by atoms with van der Waals surface area (Å²) < 4.78 is 0. The van der Waals surface area contributed by atoms with Crippen molar-refractivity contribution in [2.24, 2.45) is 5.73 Å². The summed E-state index contributed by atoms with van der Waals surface area (Å²) >= 11 is 0. The van der Waals surface area contributed by atoms with E-state index in [1.165, 1.54) is 22.3 Å². The molecule has 1 heteroatoms. The van der Waals surface area contributed by atoms with Crippen LogP contribution in [0, 0.1) is 6.92 Å². The summed E-state index contributed by atoms with van der Waals surface area (Å²) in [7, 11) is 0. The maximum atomic E-state index is 5.59. The van der Waals surface area contributed by atoms with Crippen LogP contribution in [-0.2, 0) is 6.42 Å². The predicted octanol–water partition coefficient (Wildman–Crippen LogP) is 4.21. The molecular weight excluding hydrogens is 206 g/mol. The van der Waals surface area contributed by atoms with Crippen molar-refractivity contribution in [3.8, 4) is 0 Å². The predicted molar refractivity (Wildman–Crippen MR) is 76.8 cm³/mol. The normalized spacial score (nSPS) is 10.2. The van der Waals surface area contributed by atoms with Crippen LogP contribution >= 0.6 is 0 Å². The van der Waals surface area contributed by atoms with Gasteiger partial charge in [0.2, 0.25) is 0 Å². The lowest BCUT2D eigenvalue weighted by Crippen LogP contribution is -1.98. The molecule has 0 aromatic heterocycles. The Balaban J connectivity index is 2.83. The molecule has 0 saturated heterocycles. The quantitative estimate of drug-likeness (QED) is 0.776. The number of rotatable bonds is 6. The molecular formula is C16H23N. The average Bonchev–Trinajstić information content (AvgIpc) is 2.29. The van der Waals surface area contributed by atoms with Crippen LogP contribution < -0.4 is 5.73 Å². The van der Waals surface area contributed by atoms with Crippen molar-refractivity contribution in [1.82, 2.24) is 0 Å². The molecule has 0 spiro atoms. The molecule has 0 aliphatic rings. The number of allylic oxidation sites excluding steroid dienone is 2. The number of nitrogens with two attached hydrogens (primary N) is 1. The maximum Gasteiger partial charge on any atom is 0.000755 e. The van der Waals surface area contributed by atoms with Crippen molar-refractivity contribution < 1.29 is 0 Å². The Morgan fingerprint density at radius 3 is 2.59 bits per heavy atom. The van der Waals surface area contributed by atoms with E-state index >= 15 is 0 Å². The van der Waals surface area contributed by atoms with E-state index in [2.05, 4.69) is 45.2 Å². The second-order valence-corrected chi connectivity index (χ2v) is 4.63. The molecule has 0 aliphatic carbocycles. The summed E-state index contributed by atoms with van der Waals surface area (Å²) in [5.41, 5.74) is 11.6. The zero-order valence-corrected chi connectivity index (χ0v) is 11.1. The van der Waals surface area contributed by atoms with Gasteiger partial charge >= 0.3 is 0 Å². The molecule has 0 saturated carbocycles. The van der Waals surface area contributed by atoms with Crippen molar-refractivity contribution in [3.63, 3.8) is 0 Å². The van der Waals surface area contributed by atoms with Crippen molar-refractivity contribution in [3.05, 3.63) is 53.7 Å². The standard InChI is InChI=1S/C16H23N/c1-5-13(3)16-11-12(2)9-10-15(16)8-6-7-14(4)17/h9-11H,3-8,17H2,1-2H3. The number of benzene rings is 1. The van der Waals surface area contributed by atoms with Crippen LogP contribution in [-0.4, -0.2) is 0 Å². The lowest BCUT2D eigenvalue weighted by Gasteiger charge is -2.12. The molecule has 0 bridgehead atoms. The molecule has 0 aliphatic heterocycles. The molecule has 0 heterocycles. The number of hydrogen-bond acceptors (Lipinski definition) is 1. The Morgan fingerprint density at radius 2 is 2.00 bits per heavy atom. The molecule has 2 N–H and O–H groups in total. The Bertz CT molecular complexity index is 416. The van der Waals surface area contributed by atoms with Gasteiger partial charge in [-0.25, -0.2) is 0 Å². The van der Waals surface area contributed by atoms with Gasteiger partial charge in [0, 0.05) is 5.70 Å². The Hall–Kier alpha value is -1.50. The van der Waals surface area contributed by atoms with E-state index in [4.69, 9.17) is 5.73 Å². The van der Waals surface area contributed by atoms with Crippen molar-refractivity contribution >= 4 is 5.57 Å². The first-order valence-electron chi connectivity index (χ1n) is 6.25. The average molecular weight is 229 g/mol. The fourth-order valence-corrected chi connectivity index (χ4v) is 1.93. The minimum atomic E-state index is 0.771. The third-order valence-corrected chi connectivity index (χ3v) is 3.02. The molecule has 1 rings (SSSR count). The van der Waals surface area contributed by atoms with E-state index in [0.29, 0.717) is 0 Å². The first-order chi connectivity index (χ1) is 8.04. The second kappa shape index (κ2) is 6.29. The molecule has 17 heavy (non-hydrogen) atoms.